The van der Waals surface area contributed by atoms with E-state index in [2.05, 4.69) is 0 Å². The van der Waals surface area contributed by atoms with Crippen LogP contribution in [0.3, 0.4) is 0 Å². The number of ether oxygens (including phenoxy) is 1. The van der Waals surface area contributed by atoms with Crippen LogP contribution < -0.4 is 4.74 Å². The van der Waals surface area contributed by atoms with E-state index in [1.54, 1.807) is 24.3 Å². The van der Waals surface area contributed by atoms with Gasteiger partial charge in [0, 0.05) is 6.26 Å². The summed E-state index contributed by atoms with van der Waals surface area (Å²) in [5, 5.41) is 8.57. The molecule has 16 heavy (non-hydrogen) atoms. The fraction of sp³-hybridized carbons (Fsp3) is 0.364. The zero-order chi connectivity index (χ0) is 12.0. The smallest absolute Gasteiger partial charge is 0.147 e. The quantitative estimate of drug-likeness (QED) is 0.728. The van der Waals surface area contributed by atoms with Gasteiger partial charge in [0.2, 0.25) is 0 Å². The Bertz CT molecular complexity index is 471. The fourth-order valence-electron chi connectivity index (χ4n) is 1.14. The highest BCUT2D eigenvalue weighted by atomic mass is 32.2. The molecule has 0 fully saturated rings. The zero-order valence-electron chi connectivity index (χ0n) is 9.01. The Balaban J connectivity index is 2.36. The number of hydrogen-bond acceptors (Lipinski definition) is 4. The minimum Gasteiger partial charge on any atom is -0.494 e. The van der Waals surface area contributed by atoms with Gasteiger partial charge in [0.05, 0.1) is 24.0 Å². The third-order valence-electron chi connectivity index (χ3n) is 1.91. The van der Waals surface area contributed by atoms with Gasteiger partial charge in [0.15, 0.2) is 0 Å². The number of nitriles is 1. The molecular formula is C11H13NO3S. The lowest BCUT2D eigenvalue weighted by molar-refractivity contribution is 0.317. The molecule has 0 radical (unpaired) electrons. The number of benzene rings is 1. The number of sulfone groups is 1. The van der Waals surface area contributed by atoms with Crippen molar-refractivity contribution in [1.82, 2.24) is 0 Å². The number of nitrogens with zero attached hydrogens (tertiary/aromatic N) is 1. The van der Waals surface area contributed by atoms with Crippen LogP contribution in [0.25, 0.3) is 0 Å². The molecule has 0 bridgehead atoms. The third-order valence-corrected chi connectivity index (χ3v) is 2.94. The summed E-state index contributed by atoms with van der Waals surface area (Å²) >= 11 is 0. The van der Waals surface area contributed by atoms with Crippen LogP contribution in [0.1, 0.15) is 12.0 Å². The molecule has 0 saturated carbocycles. The molecule has 86 valence electrons. The van der Waals surface area contributed by atoms with Gasteiger partial charge in [0.1, 0.15) is 15.6 Å². The summed E-state index contributed by atoms with van der Waals surface area (Å²) in [4.78, 5) is 0. The van der Waals surface area contributed by atoms with Crippen LogP contribution in [0, 0.1) is 11.3 Å². The van der Waals surface area contributed by atoms with E-state index in [0.717, 1.165) is 0 Å². The van der Waals surface area contributed by atoms with Gasteiger partial charge in [-0.1, -0.05) is 0 Å². The predicted octanol–water partition coefficient (Wildman–Crippen LogP) is 1.37. The van der Waals surface area contributed by atoms with E-state index in [1.807, 2.05) is 6.07 Å². The largest absolute Gasteiger partial charge is 0.494 e. The topological polar surface area (TPSA) is 67.2 Å². The van der Waals surface area contributed by atoms with Crippen molar-refractivity contribution < 1.29 is 13.2 Å². The Morgan fingerprint density at radius 2 is 1.94 bits per heavy atom. The van der Waals surface area contributed by atoms with E-state index in [9.17, 15) is 8.42 Å². The van der Waals surface area contributed by atoms with Gasteiger partial charge < -0.3 is 4.74 Å². The maximum absolute atomic E-state index is 10.8. The van der Waals surface area contributed by atoms with E-state index >= 15 is 0 Å². The highest BCUT2D eigenvalue weighted by Gasteiger charge is 2.01. The first kappa shape index (κ1) is 12.5. The molecule has 0 amide bonds. The van der Waals surface area contributed by atoms with E-state index < -0.39 is 9.84 Å². The van der Waals surface area contributed by atoms with E-state index in [0.29, 0.717) is 24.3 Å². The van der Waals surface area contributed by atoms with Gasteiger partial charge in [-0.3, -0.25) is 0 Å². The average molecular weight is 239 g/mol. The van der Waals surface area contributed by atoms with Gasteiger partial charge in [-0.05, 0) is 30.7 Å². The summed E-state index contributed by atoms with van der Waals surface area (Å²) in [6.45, 7) is 0.360. The molecule has 1 aromatic rings. The molecular weight excluding hydrogens is 226 g/mol. The minimum absolute atomic E-state index is 0.128. The molecule has 0 aliphatic carbocycles. The predicted molar refractivity (Wildman–Crippen MR) is 61.0 cm³/mol. The lowest BCUT2D eigenvalue weighted by Gasteiger charge is -2.05. The van der Waals surface area contributed by atoms with Crippen LogP contribution in [0.5, 0.6) is 5.75 Å². The van der Waals surface area contributed by atoms with E-state index in [1.165, 1.54) is 6.26 Å². The van der Waals surface area contributed by atoms with Crippen molar-refractivity contribution in [2.24, 2.45) is 0 Å². The standard InChI is InChI=1S/C11H13NO3S/c1-16(13,14)8-2-7-15-11-5-3-10(9-12)4-6-11/h3-6H,2,7-8H2,1H3. The Hall–Kier alpha value is -1.54. The summed E-state index contributed by atoms with van der Waals surface area (Å²) in [6.07, 6.45) is 1.67. The number of rotatable bonds is 5. The first-order chi connectivity index (χ1) is 7.51. The van der Waals surface area contributed by atoms with Crippen LogP contribution in [-0.2, 0) is 9.84 Å². The minimum atomic E-state index is -2.91. The van der Waals surface area contributed by atoms with Crippen molar-refractivity contribution in [1.29, 1.82) is 5.26 Å². The van der Waals surface area contributed by atoms with Gasteiger partial charge in [0.25, 0.3) is 0 Å². The van der Waals surface area contributed by atoms with Crippen molar-refractivity contribution in [3.63, 3.8) is 0 Å². The Kier molecular flexibility index (Phi) is 4.32. The lowest BCUT2D eigenvalue weighted by atomic mass is 10.2. The molecule has 0 aliphatic heterocycles. The second kappa shape index (κ2) is 5.52. The van der Waals surface area contributed by atoms with Crippen molar-refractivity contribution in [3.8, 4) is 11.8 Å². The summed E-state index contributed by atoms with van der Waals surface area (Å²) in [5.74, 6) is 0.774. The van der Waals surface area contributed by atoms with Crippen LogP contribution in [0.2, 0.25) is 0 Å². The molecule has 1 aromatic carbocycles. The maximum Gasteiger partial charge on any atom is 0.147 e. The Morgan fingerprint density at radius 3 is 2.44 bits per heavy atom. The fourth-order valence-corrected chi connectivity index (χ4v) is 1.78. The highest BCUT2D eigenvalue weighted by molar-refractivity contribution is 7.90. The van der Waals surface area contributed by atoms with Crippen LogP contribution in [0.15, 0.2) is 24.3 Å². The van der Waals surface area contributed by atoms with Crippen LogP contribution in [0.4, 0.5) is 0 Å². The molecule has 0 saturated heterocycles. The molecule has 5 heteroatoms. The average Bonchev–Trinajstić information content (AvgIpc) is 2.24. The Morgan fingerprint density at radius 1 is 1.31 bits per heavy atom. The van der Waals surface area contributed by atoms with Gasteiger partial charge in [-0.15, -0.1) is 0 Å². The normalized spacial score (nSPS) is 10.8. The second-order valence-electron chi connectivity index (χ2n) is 3.47. The zero-order valence-corrected chi connectivity index (χ0v) is 9.83. The highest BCUT2D eigenvalue weighted by Crippen LogP contribution is 2.11. The molecule has 1 rings (SSSR count). The first-order valence-corrected chi connectivity index (χ1v) is 6.88. The van der Waals surface area contributed by atoms with E-state index in [4.69, 9.17) is 10.00 Å². The van der Waals surface area contributed by atoms with Crippen LogP contribution in [-0.4, -0.2) is 27.0 Å². The van der Waals surface area contributed by atoms with Gasteiger partial charge >= 0.3 is 0 Å². The summed E-state index contributed by atoms with van der Waals surface area (Å²) in [6, 6.07) is 8.71. The SMILES string of the molecule is CS(=O)(=O)CCCOc1ccc(C#N)cc1. The first-order valence-electron chi connectivity index (χ1n) is 4.82. The summed E-state index contributed by atoms with van der Waals surface area (Å²) in [7, 11) is -2.91. The van der Waals surface area contributed by atoms with E-state index in [-0.39, 0.29) is 5.75 Å². The molecule has 0 aromatic heterocycles. The van der Waals surface area contributed by atoms with Crippen LogP contribution >= 0.6 is 0 Å². The Labute approximate surface area is 95.4 Å². The summed E-state index contributed by atoms with van der Waals surface area (Å²) < 4.78 is 27.0. The van der Waals surface area contributed by atoms with Crippen molar-refractivity contribution in [3.05, 3.63) is 29.8 Å². The van der Waals surface area contributed by atoms with Crippen molar-refractivity contribution in [2.75, 3.05) is 18.6 Å². The monoisotopic (exact) mass is 239 g/mol. The molecule has 4 nitrogen and oxygen atoms in total. The molecule has 0 N–H and O–H groups in total. The molecule has 0 unspecified atom stereocenters. The third kappa shape index (κ3) is 4.80. The molecule has 0 heterocycles. The van der Waals surface area contributed by atoms with Crippen molar-refractivity contribution >= 4 is 9.84 Å². The molecule has 0 aliphatic rings. The maximum atomic E-state index is 10.8. The molecule has 0 spiro atoms. The van der Waals surface area contributed by atoms with Gasteiger partial charge in [-0.25, -0.2) is 8.42 Å². The second-order valence-corrected chi connectivity index (χ2v) is 5.73. The molecule has 0 atom stereocenters. The summed E-state index contributed by atoms with van der Waals surface area (Å²) in [5.41, 5.74) is 0.573. The number of hydrogen-bond donors (Lipinski definition) is 0. The van der Waals surface area contributed by atoms with Crippen molar-refractivity contribution in [2.45, 2.75) is 6.42 Å². The lowest BCUT2D eigenvalue weighted by Crippen LogP contribution is -2.07. The van der Waals surface area contributed by atoms with Gasteiger partial charge in [-0.2, -0.15) is 5.26 Å².